The van der Waals surface area contributed by atoms with Gasteiger partial charge in [-0.2, -0.15) is 0 Å². The van der Waals surface area contributed by atoms with Gasteiger partial charge in [-0.3, -0.25) is 4.98 Å². The van der Waals surface area contributed by atoms with Crippen molar-refractivity contribution in [1.29, 1.82) is 0 Å². The minimum Gasteiger partial charge on any atom is -0.305 e. The highest BCUT2D eigenvalue weighted by Crippen LogP contribution is 2.23. The van der Waals surface area contributed by atoms with E-state index >= 15 is 0 Å². The summed E-state index contributed by atoms with van der Waals surface area (Å²) in [5.41, 5.74) is 1.77. The number of nitrogens with zero attached hydrogens (tertiary/aromatic N) is 1. The minimum absolute atomic E-state index is 0.228. The van der Waals surface area contributed by atoms with Gasteiger partial charge in [0.2, 0.25) is 0 Å². The number of nitrogens with one attached hydrogen (secondary N) is 1. The van der Waals surface area contributed by atoms with Crippen molar-refractivity contribution in [3.8, 4) is 0 Å². The fourth-order valence-corrected chi connectivity index (χ4v) is 4.18. The van der Waals surface area contributed by atoms with E-state index in [-0.39, 0.29) is 17.0 Å². The Bertz CT molecular complexity index is 496. The van der Waals surface area contributed by atoms with Crippen molar-refractivity contribution in [2.75, 3.05) is 11.5 Å². The highest BCUT2D eigenvalue weighted by molar-refractivity contribution is 7.91. The molecular weight excluding hydrogens is 236 g/mol. The second kappa shape index (κ2) is 4.38. The smallest absolute Gasteiger partial charge is 0.152 e. The second-order valence-electron chi connectivity index (χ2n) is 5.08. The molecule has 1 N–H and O–H groups in total. The van der Waals surface area contributed by atoms with Crippen molar-refractivity contribution in [2.24, 2.45) is 0 Å². The standard InChI is InChI=1S/C12H18N2O2S/c1-10-3-4-11(13-7-10)8-14-12(2)5-6-17(15,16)9-12/h3-4,7,14H,5-6,8-9H2,1-2H3. The summed E-state index contributed by atoms with van der Waals surface area (Å²) in [5, 5.41) is 3.31. The average Bonchev–Trinajstić information content (AvgIpc) is 2.53. The van der Waals surface area contributed by atoms with Gasteiger partial charge in [0.05, 0.1) is 17.2 Å². The number of pyridine rings is 1. The summed E-state index contributed by atoms with van der Waals surface area (Å²) in [4.78, 5) is 4.29. The molecule has 0 aliphatic carbocycles. The third kappa shape index (κ3) is 3.26. The highest BCUT2D eigenvalue weighted by Gasteiger charge is 2.37. The Hall–Kier alpha value is -0.940. The summed E-state index contributed by atoms with van der Waals surface area (Å²) in [7, 11) is -2.85. The maximum atomic E-state index is 11.4. The first kappa shape index (κ1) is 12.5. The normalized spacial score (nSPS) is 27.2. The van der Waals surface area contributed by atoms with Crippen molar-refractivity contribution in [1.82, 2.24) is 10.3 Å². The number of aryl methyl sites for hydroxylation is 1. The van der Waals surface area contributed by atoms with E-state index in [1.54, 1.807) is 0 Å². The van der Waals surface area contributed by atoms with Crippen LogP contribution < -0.4 is 5.32 Å². The van der Waals surface area contributed by atoms with E-state index in [2.05, 4.69) is 10.3 Å². The Kier molecular flexibility index (Phi) is 3.23. The van der Waals surface area contributed by atoms with E-state index in [4.69, 9.17) is 0 Å². The molecule has 0 radical (unpaired) electrons. The quantitative estimate of drug-likeness (QED) is 0.876. The molecule has 0 spiro atoms. The molecule has 0 saturated carbocycles. The van der Waals surface area contributed by atoms with Crippen LogP contribution in [-0.4, -0.2) is 30.4 Å². The van der Waals surface area contributed by atoms with Crippen LogP contribution in [0.3, 0.4) is 0 Å². The van der Waals surface area contributed by atoms with Crippen LogP contribution in [0.2, 0.25) is 0 Å². The van der Waals surface area contributed by atoms with Crippen molar-refractivity contribution in [2.45, 2.75) is 32.4 Å². The lowest BCUT2D eigenvalue weighted by Crippen LogP contribution is -2.42. The maximum Gasteiger partial charge on any atom is 0.152 e. The largest absolute Gasteiger partial charge is 0.305 e. The number of aromatic nitrogens is 1. The van der Waals surface area contributed by atoms with Gasteiger partial charge in [0.15, 0.2) is 9.84 Å². The molecular formula is C12H18N2O2S. The van der Waals surface area contributed by atoms with E-state index in [9.17, 15) is 8.42 Å². The van der Waals surface area contributed by atoms with Gasteiger partial charge in [0.25, 0.3) is 0 Å². The predicted molar refractivity (Wildman–Crippen MR) is 67.5 cm³/mol. The molecule has 2 rings (SSSR count). The molecule has 0 amide bonds. The highest BCUT2D eigenvalue weighted by atomic mass is 32.2. The van der Waals surface area contributed by atoms with E-state index < -0.39 is 9.84 Å². The van der Waals surface area contributed by atoms with Gasteiger partial charge in [-0.15, -0.1) is 0 Å². The van der Waals surface area contributed by atoms with E-state index in [1.807, 2.05) is 32.2 Å². The van der Waals surface area contributed by atoms with Gasteiger partial charge >= 0.3 is 0 Å². The lowest BCUT2D eigenvalue weighted by molar-refractivity contribution is 0.393. The third-order valence-corrected chi connectivity index (χ3v) is 5.08. The maximum absolute atomic E-state index is 11.4. The molecule has 1 atom stereocenters. The Labute approximate surface area is 102 Å². The number of hydrogen-bond acceptors (Lipinski definition) is 4. The van der Waals surface area contributed by atoms with Crippen molar-refractivity contribution in [3.05, 3.63) is 29.6 Å². The Morgan fingerprint density at radius 1 is 1.47 bits per heavy atom. The Morgan fingerprint density at radius 2 is 2.24 bits per heavy atom. The van der Waals surface area contributed by atoms with Gasteiger partial charge in [-0.1, -0.05) is 6.07 Å². The molecule has 94 valence electrons. The van der Waals surface area contributed by atoms with Crippen LogP contribution in [0.5, 0.6) is 0 Å². The first-order valence-electron chi connectivity index (χ1n) is 5.76. The van der Waals surface area contributed by atoms with Crippen LogP contribution in [0, 0.1) is 6.92 Å². The van der Waals surface area contributed by atoms with Crippen LogP contribution in [0.15, 0.2) is 18.3 Å². The molecule has 17 heavy (non-hydrogen) atoms. The first-order chi connectivity index (χ1) is 7.89. The molecule has 5 heteroatoms. The molecule has 4 nitrogen and oxygen atoms in total. The van der Waals surface area contributed by atoms with Gasteiger partial charge in [-0.25, -0.2) is 8.42 Å². The van der Waals surface area contributed by atoms with E-state index in [0.717, 1.165) is 11.3 Å². The molecule has 0 aromatic carbocycles. The average molecular weight is 254 g/mol. The van der Waals surface area contributed by atoms with Crippen molar-refractivity contribution < 1.29 is 8.42 Å². The fourth-order valence-electron chi connectivity index (χ4n) is 2.06. The van der Waals surface area contributed by atoms with Crippen LogP contribution >= 0.6 is 0 Å². The summed E-state index contributed by atoms with van der Waals surface area (Å²) in [6, 6.07) is 3.98. The molecule has 1 aliphatic rings. The number of sulfone groups is 1. The lowest BCUT2D eigenvalue weighted by atomic mass is 10.0. The SMILES string of the molecule is Cc1ccc(CNC2(C)CCS(=O)(=O)C2)nc1. The third-order valence-electron chi connectivity index (χ3n) is 3.17. The Morgan fingerprint density at radius 3 is 2.76 bits per heavy atom. The van der Waals surface area contributed by atoms with Gasteiger partial charge in [0.1, 0.15) is 0 Å². The zero-order valence-corrected chi connectivity index (χ0v) is 11.0. The lowest BCUT2D eigenvalue weighted by Gasteiger charge is -2.23. The molecule has 1 aromatic rings. The summed E-state index contributed by atoms with van der Waals surface area (Å²) in [6.45, 7) is 4.58. The van der Waals surface area contributed by atoms with Crippen molar-refractivity contribution >= 4 is 9.84 Å². The van der Waals surface area contributed by atoms with Crippen LogP contribution in [-0.2, 0) is 16.4 Å². The number of rotatable bonds is 3. The summed E-state index contributed by atoms with van der Waals surface area (Å²) in [5.74, 6) is 0.518. The van der Waals surface area contributed by atoms with Gasteiger partial charge in [-0.05, 0) is 31.9 Å². The molecule has 1 saturated heterocycles. The molecule has 1 aliphatic heterocycles. The van der Waals surface area contributed by atoms with Gasteiger partial charge < -0.3 is 5.32 Å². The first-order valence-corrected chi connectivity index (χ1v) is 7.58. The van der Waals surface area contributed by atoms with Crippen LogP contribution in [0.4, 0.5) is 0 Å². The molecule has 1 aromatic heterocycles. The second-order valence-corrected chi connectivity index (χ2v) is 7.27. The van der Waals surface area contributed by atoms with Gasteiger partial charge in [0, 0.05) is 18.3 Å². The van der Waals surface area contributed by atoms with Crippen LogP contribution in [0.1, 0.15) is 24.6 Å². The molecule has 1 fully saturated rings. The van der Waals surface area contributed by atoms with E-state index in [0.29, 0.717) is 13.0 Å². The predicted octanol–water partition coefficient (Wildman–Crippen LogP) is 1.06. The molecule has 0 bridgehead atoms. The number of hydrogen-bond donors (Lipinski definition) is 1. The summed E-state index contributed by atoms with van der Waals surface area (Å²) in [6.07, 6.45) is 2.51. The van der Waals surface area contributed by atoms with Crippen molar-refractivity contribution in [3.63, 3.8) is 0 Å². The zero-order valence-electron chi connectivity index (χ0n) is 10.2. The minimum atomic E-state index is -2.85. The zero-order chi connectivity index (χ0) is 12.5. The monoisotopic (exact) mass is 254 g/mol. The summed E-state index contributed by atoms with van der Waals surface area (Å²) >= 11 is 0. The van der Waals surface area contributed by atoms with E-state index in [1.165, 1.54) is 0 Å². The summed E-state index contributed by atoms with van der Waals surface area (Å²) < 4.78 is 22.9. The topological polar surface area (TPSA) is 59.1 Å². The Balaban J connectivity index is 1.97. The molecule has 2 heterocycles. The van der Waals surface area contributed by atoms with Crippen LogP contribution in [0.25, 0.3) is 0 Å². The molecule has 1 unspecified atom stereocenters. The fraction of sp³-hybridized carbons (Fsp3) is 0.583.